The van der Waals surface area contributed by atoms with E-state index < -0.39 is 5.97 Å². The van der Waals surface area contributed by atoms with E-state index in [1.807, 2.05) is 4.90 Å². The SMILES string of the molecule is CCOC(=O)c1cc(N)cc(Cl)c1N1CCOC(CO)C1. The largest absolute Gasteiger partial charge is 0.462 e. The smallest absolute Gasteiger partial charge is 0.340 e. The van der Waals surface area contributed by atoms with Crippen LogP contribution in [-0.4, -0.2) is 50.1 Å². The van der Waals surface area contributed by atoms with Crippen molar-refractivity contribution in [3.05, 3.63) is 22.7 Å². The van der Waals surface area contributed by atoms with Gasteiger partial charge in [0.2, 0.25) is 0 Å². The first-order valence-electron chi connectivity index (χ1n) is 6.80. The van der Waals surface area contributed by atoms with E-state index in [4.69, 9.17) is 26.8 Å². The Balaban J connectivity index is 2.38. The number of rotatable bonds is 4. The van der Waals surface area contributed by atoms with Gasteiger partial charge in [-0.25, -0.2) is 4.79 Å². The first kappa shape index (κ1) is 15.9. The van der Waals surface area contributed by atoms with Crippen molar-refractivity contribution < 1.29 is 19.4 Å². The molecule has 1 aromatic rings. The summed E-state index contributed by atoms with van der Waals surface area (Å²) >= 11 is 6.27. The summed E-state index contributed by atoms with van der Waals surface area (Å²) in [5.41, 5.74) is 7.08. The molecule has 3 N–H and O–H groups in total. The summed E-state index contributed by atoms with van der Waals surface area (Å²) in [7, 11) is 0. The van der Waals surface area contributed by atoms with Crippen LogP contribution in [0.3, 0.4) is 0 Å². The maximum Gasteiger partial charge on any atom is 0.340 e. The maximum atomic E-state index is 12.1. The highest BCUT2D eigenvalue weighted by Gasteiger charge is 2.26. The number of hydrogen-bond donors (Lipinski definition) is 2. The summed E-state index contributed by atoms with van der Waals surface area (Å²) in [5.74, 6) is -0.464. The Kier molecular flexibility index (Phi) is 5.27. The van der Waals surface area contributed by atoms with Gasteiger partial charge in [0.1, 0.15) is 0 Å². The summed E-state index contributed by atoms with van der Waals surface area (Å²) in [4.78, 5) is 14.0. The Morgan fingerprint density at radius 2 is 2.38 bits per heavy atom. The molecule has 7 heteroatoms. The highest BCUT2D eigenvalue weighted by molar-refractivity contribution is 6.34. The van der Waals surface area contributed by atoms with E-state index in [9.17, 15) is 9.90 Å². The maximum absolute atomic E-state index is 12.1. The minimum absolute atomic E-state index is 0.0855. The molecule has 1 unspecified atom stereocenters. The van der Waals surface area contributed by atoms with E-state index in [0.29, 0.717) is 41.7 Å². The molecule has 116 valence electrons. The zero-order valence-electron chi connectivity index (χ0n) is 11.8. The number of carbonyl (C=O) groups is 1. The second-order valence-electron chi connectivity index (χ2n) is 4.74. The highest BCUT2D eigenvalue weighted by atomic mass is 35.5. The fraction of sp³-hybridized carbons (Fsp3) is 0.500. The molecule has 0 bridgehead atoms. The number of anilines is 2. The van der Waals surface area contributed by atoms with Gasteiger partial charge in [0.05, 0.1) is 42.2 Å². The number of ether oxygens (including phenoxy) is 2. The monoisotopic (exact) mass is 314 g/mol. The molecule has 1 heterocycles. The van der Waals surface area contributed by atoms with Gasteiger partial charge < -0.3 is 25.2 Å². The third-order valence-corrected chi connectivity index (χ3v) is 3.53. The molecule has 2 rings (SSSR count). The lowest BCUT2D eigenvalue weighted by Crippen LogP contribution is -2.44. The topological polar surface area (TPSA) is 85.0 Å². The normalized spacial score (nSPS) is 18.6. The number of esters is 1. The minimum atomic E-state index is -0.464. The van der Waals surface area contributed by atoms with E-state index in [2.05, 4.69) is 0 Å². The second kappa shape index (κ2) is 6.98. The molecule has 1 fully saturated rings. The van der Waals surface area contributed by atoms with Crippen LogP contribution in [0.5, 0.6) is 0 Å². The van der Waals surface area contributed by atoms with Crippen molar-refractivity contribution >= 4 is 28.9 Å². The van der Waals surface area contributed by atoms with Crippen LogP contribution in [0.25, 0.3) is 0 Å². The van der Waals surface area contributed by atoms with Crippen molar-refractivity contribution in [2.45, 2.75) is 13.0 Å². The average Bonchev–Trinajstić information content (AvgIpc) is 2.46. The van der Waals surface area contributed by atoms with E-state index >= 15 is 0 Å². The van der Waals surface area contributed by atoms with Gasteiger partial charge in [-0.2, -0.15) is 0 Å². The number of aliphatic hydroxyl groups is 1. The van der Waals surface area contributed by atoms with E-state index in [0.717, 1.165) is 0 Å². The van der Waals surface area contributed by atoms with Crippen LogP contribution in [0.15, 0.2) is 12.1 Å². The van der Waals surface area contributed by atoms with Crippen molar-refractivity contribution in [3.8, 4) is 0 Å². The molecule has 1 aliphatic heterocycles. The Morgan fingerprint density at radius 1 is 1.62 bits per heavy atom. The molecule has 1 aliphatic rings. The van der Waals surface area contributed by atoms with Crippen LogP contribution < -0.4 is 10.6 Å². The Labute approximate surface area is 128 Å². The summed E-state index contributed by atoms with van der Waals surface area (Å²) in [6, 6.07) is 3.16. The number of halogens is 1. The van der Waals surface area contributed by atoms with E-state index in [1.54, 1.807) is 19.1 Å². The molecule has 0 aromatic heterocycles. The fourth-order valence-corrected chi connectivity index (χ4v) is 2.69. The quantitative estimate of drug-likeness (QED) is 0.643. The minimum Gasteiger partial charge on any atom is -0.462 e. The number of aliphatic hydroxyl groups excluding tert-OH is 1. The molecular formula is C14H19ClN2O4. The molecule has 1 saturated heterocycles. The number of benzene rings is 1. The molecule has 0 radical (unpaired) electrons. The van der Waals surface area contributed by atoms with Crippen LogP contribution in [0.4, 0.5) is 11.4 Å². The third-order valence-electron chi connectivity index (χ3n) is 3.24. The molecular weight excluding hydrogens is 296 g/mol. The van der Waals surface area contributed by atoms with Gasteiger partial charge in [0, 0.05) is 18.8 Å². The van der Waals surface area contributed by atoms with Crippen molar-refractivity contribution in [2.24, 2.45) is 0 Å². The third kappa shape index (κ3) is 3.58. The van der Waals surface area contributed by atoms with Crippen molar-refractivity contribution in [1.82, 2.24) is 0 Å². The molecule has 0 aliphatic carbocycles. The number of hydrogen-bond acceptors (Lipinski definition) is 6. The number of nitrogens with zero attached hydrogens (tertiary/aromatic N) is 1. The molecule has 6 nitrogen and oxygen atoms in total. The lowest BCUT2D eigenvalue weighted by molar-refractivity contribution is 0.00347. The molecule has 0 amide bonds. The summed E-state index contributed by atoms with van der Waals surface area (Å²) < 4.78 is 10.5. The highest BCUT2D eigenvalue weighted by Crippen LogP contribution is 2.34. The van der Waals surface area contributed by atoms with E-state index in [-0.39, 0.29) is 19.3 Å². The van der Waals surface area contributed by atoms with Gasteiger partial charge in [-0.3, -0.25) is 0 Å². The number of morpholine rings is 1. The standard InChI is InChI=1S/C14H19ClN2O4/c1-2-20-14(19)11-5-9(16)6-12(15)13(11)17-3-4-21-10(7-17)8-18/h5-6,10,18H,2-4,7-8,16H2,1H3. The van der Waals surface area contributed by atoms with Crippen molar-refractivity contribution in [3.63, 3.8) is 0 Å². The summed E-state index contributed by atoms with van der Waals surface area (Å²) in [5, 5.41) is 9.62. The van der Waals surface area contributed by atoms with Gasteiger partial charge in [-0.05, 0) is 19.1 Å². The van der Waals surface area contributed by atoms with Crippen LogP contribution in [0, 0.1) is 0 Å². The Hall–Kier alpha value is -1.50. The first-order chi connectivity index (χ1) is 10.1. The lowest BCUT2D eigenvalue weighted by atomic mass is 10.1. The van der Waals surface area contributed by atoms with Crippen molar-refractivity contribution in [2.75, 3.05) is 43.5 Å². The molecule has 1 aromatic carbocycles. The predicted octanol–water partition coefficient (Wildman–Crippen LogP) is 1.30. The number of nitrogen functional groups attached to an aromatic ring is 1. The second-order valence-corrected chi connectivity index (χ2v) is 5.15. The molecule has 0 spiro atoms. The van der Waals surface area contributed by atoms with Gasteiger partial charge in [-0.15, -0.1) is 0 Å². The van der Waals surface area contributed by atoms with Gasteiger partial charge >= 0.3 is 5.97 Å². The predicted molar refractivity (Wildman–Crippen MR) is 80.9 cm³/mol. The number of carbonyl (C=O) groups excluding carboxylic acids is 1. The fourth-order valence-electron chi connectivity index (χ4n) is 2.34. The summed E-state index contributed by atoms with van der Waals surface area (Å²) in [6.45, 7) is 3.40. The molecule has 21 heavy (non-hydrogen) atoms. The lowest BCUT2D eigenvalue weighted by Gasteiger charge is -2.35. The van der Waals surface area contributed by atoms with Crippen LogP contribution in [0.1, 0.15) is 17.3 Å². The van der Waals surface area contributed by atoms with Crippen LogP contribution >= 0.6 is 11.6 Å². The zero-order valence-corrected chi connectivity index (χ0v) is 12.6. The zero-order chi connectivity index (χ0) is 15.4. The van der Waals surface area contributed by atoms with Crippen molar-refractivity contribution in [1.29, 1.82) is 0 Å². The number of nitrogens with two attached hydrogens (primary N) is 1. The van der Waals surface area contributed by atoms with Gasteiger partial charge in [0.15, 0.2) is 0 Å². The Morgan fingerprint density at radius 3 is 3.05 bits per heavy atom. The molecule has 0 saturated carbocycles. The van der Waals surface area contributed by atoms with E-state index in [1.165, 1.54) is 0 Å². The Bertz CT molecular complexity index is 524. The summed E-state index contributed by atoms with van der Waals surface area (Å²) in [6.07, 6.45) is -0.303. The van der Waals surface area contributed by atoms with Crippen LogP contribution in [0.2, 0.25) is 5.02 Å². The molecule has 1 atom stereocenters. The van der Waals surface area contributed by atoms with Gasteiger partial charge in [-0.1, -0.05) is 11.6 Å². The van der Waals surface area contributed by atoms with Gasteiger partial charge in [0.25, 0.3) is 0 Å². The first-order valence-corrected chi connectivity index (χ1v) is 7.18. The average molecular weight is 315 g/mol. The van der Waals surface area contributed by atoms with Crippen LogP contribution in [-0.2, 0) is 9.47 Å².